The van der Waals surface area contributed by atoms with Crippen molar-refractivity contribution in [3.05, 3.63) is 11.8 Å². The van der Waals surface area contributed by atoms with Crippen LogP contribution >= 0.6 is 0 Å². The Balaban J connectivity index is 2.10. The first-order chi connectivity index (χ1) is 10.8. The summed E-state index contributed by atoms with van der Waals surface area (Å²) < 4.78 is 8.75. The van der Waals surface area contributed by atoms with Crippen LogP contribution in [0.3, 0.4) is 0 Å². The highest BCUT2D eigenvalue weighted by Crippen LogP contribution is 2.42. The highest BCUT2D eigenvalue weighted by Gasteiger charge is 2.41. The molecule has 5 heteroatoms. The molecule has 1 aliphatic rings. The second-order valence-electron chi connectivity index (χ2n) is 9.80. The van der Waals surface area contributed by atoms with Crippen LogP contribution in [-0.4, -0.2) is 31.2 Å². The van der Waals surface area contributed by atoms with Gasteiger partial charge in [-0.05, 0) is 58.2 Å². The number of anilines is 1. The van der Waals surface area contributed by atoms with Crippen molar-refractivity contribution in [2.24, 2.45) is 0 Å². The lowest BCUT2D eigenvalue weighted by Crippen LogP contribution is -2.43. The monoisotopic (exact) mass is 351 g/mol. The van der Waals surface area contributed by atoms with Crippen molar-refractivity contribution in [1.82, 2.24) is 9.78 Å². The van der Waals surface area contributed by atoms with Gasteiger partial charge < -0.3 is 9.74 Å². The molecule has 1 aliphatic carbocycles. The van der Waals surface area contributed by atoms with Gasteiger partial charge in [-0.2, -0.15) is 5.10 Å². The first-order valence-electron chi connectivity index (χ1n) is 9.31. The Morgan fingerprint density at radius 2 is 1.79 bits per heavy atom. The molecule has 1 saturated carbocycles. The van der Waals surface area contributed by atoms with Gasteiger partial charge in [-0.15, -0.1) is 0 Å². The summed E-state index contributed by atoms with van der Waals surface area (Å²) in [6, 6.07) is 2.23. The van der Waals surface area contributed by atoms with Crippen molar-refractivity contribution in [2.75, 3.05) is 12.4 Å². The van der Waals surface area contributed by atoms with Crippen LogP contribution in [-0.2, 0) is 9.96 Å². The normalized spacial score (nSPS) is 22.9. The number of rotatable bonds is 4. The lowest BCUT2D eigenvalue weighted by molar-refractivity contribution is 0.186. The Morgan fingerprint density at radius 3 is 2.25 bits per heavy atom. The molecule has 0 aromatic carbocycles. The van der Waals surface area contributed by atoms with Gasteiger partial charge in [0.05, 0.1) is 11.2 Å². The molecule has 1 aromatic heterocycles. The van der Waals surface area contributed by atoms with Crippen LogP contribution in [0.1, 0.15) is 72.4 Å². The van der Waals surface area contributed by atoms with Crippen LogP contribution < -0.4 is 5.32 Å². The zero-order valence-corrected chi connectivity index (χ0v) is 18.2. The summed E-state index contributed by atoms with van der Waals surface area (Å²) in [6.45, 7) is 18.2. The van der Waals surface area contributed by atoms with E-state index < -0.39 is 8.32 Å². The average Bonchev–Trinajstić information content (AvgIpc) is 3.01. The second kappa shape index (κ2) is 6.49. The van der Waals surface area contributed by atoms with Gasteiger partial charge in [0.25, 0.3) is 0 Å². The smallest absolute Gasteiger partial charge is 0.192 e. The predicted octanol–water partition coefficient (Wildman–Crippen LogP) is 5.34. The SMILES string of the molecule is CNc1cc([C@H]2CC[C@@H](O[Si](C)(C)C(C)(C)C)C2)nn1C(C)(C)C. The van der Waals surface area contributed by atoms with Crippen molar-refractivity contribution in [1.29, 1.82) is 0 Å². The molecule has 1 aromatic rings. The third-order valence-corrected chi connectivity index (χ3v) is 10.2. The highest BCUT2D eigenvalue weighted by atomic mass is 28.4. The van der Waals surface area contributed by atoms with E-state index in [9.17, 15) is 0 Å². The molecule has 2 rings (SSSR count). The summed E-state index contributed by atoms with van der Waals surface area (Å²) >= 11 is 0. The number of hydrogen-bond acceptors (Lipinski definition) is 3. The van der Waals surface area contributed by atoms with Gasteiger partial charge in [0.1, 0.15) is 5.82 Å². The largest absolute Gasteiger partial charge is 0.414 e. The highest BCUT2D eigenvalue weighted by molar-refractivity contribution is 6.74. The van der Waals surface area contributed by atoms with E-state index >= 15 is 0 Å². The summed E-state index contributed by atoms with van der Waals surface area (Å²) in [5.41, 5.74) is 1.21. The van der Waals surface area contributed by atoms with Gasteiger partial charge in [-0.25, -0.2) is 4.68 Å². The summed E-state index contributed by atoms with van der Waals surface area (Å²) in [5, 5.41) is 8.49. The minimum Gasteiger partial charge on any atom is -0.414 e. The van der Waals surface area contributed by atoms with E-state index in [1.807, 2.05) is 7.05 Å². The molecule has 0 radical (unpaired) electrons. The number of aromatic nitrogens is 2. The van der Waals surface area contributed by atoms with Crippen LogP contribution in [0.4, 0.5) is 5.82 Å². The van der Waals surface area contributed by atoms with Gasteiger partial charge in [-0.3, -0.25) is 0 Å². The van der Waals surface area contributed by atoms with E-state index in [1.54, 1.807) is 0 Å². The maximum absolute atomic E-state index is 6.63. The molecule has 1 heterocycles. The van der Waals surface area contributed by atoms with Crippen LogP contribution in [0.25, 0.3) is 0 Å². The fourth-order valence-electron chi connectivity index (χ4n) is 3.20. The lowest BCUT2D eigenvalue weighted by Gasteiger charge is -2.38. The van der Waals surface area contributed by atoms with Gasteiger partial charge in [-0.1, -0.05) is 20.8 Å². The molecule has 1 N–H and O–H groups in total. The quantitative estimate of drug-likeness (QED) is 0.744. The first-order valence-corrected chi connectivity index (χ1v) is 12.2. The molecule has 4 nitrogen and oxygen atoms in total. The van der Waals surface area contributed by atoms with Crippen molar-refractivity contribution in [3.63, 3.8) is 0 Å². The molecule has 0 aliphatic heterocycles. The number of nitrogens with one attached hydrogen (secondary N) is 1. The van der Waals surface area contributed by atoms with Gasteiger partial charge in [0.15, 0.2) is 8.32 Å². The molecule has 0 bridgehead atoms. The van der Waals surface area contributed by atoms with Crippen LogP contribution in [0, 0.1) is 0 Å². The Bertz CT molecular complexity index is 566. The standard InChI is InChI=1S/C19H37N3OSi/c1-18(2,3)22-17(20-7)13-16(21-22)14-10-11-15(12-14)23-24(8,9)19(4,5)6/h13-15,20H,10-12H2,1-9H3/t14-,15+/m0/s1. The molecule has 24 heavy (non-hydrogen) atoms. The van der Waals surface area contributed by atoms with Crippen molar-refractivity contribution < 1.29 is 4.43 Å². The molecule has 0 amide bonds. The van der Waals surface area contributed by atoms with E-state index in [0.29, 0.717) is 12.0 Å². The Labute approximate surface area is 149 Å². The Morgan fingerprint density at radius 1 is 1.17 bits per heavy atom. The molecular formula is C19H37N3OSi. The van der Waals surface area contributed by atoms with Crippen LogP contribution in [0.5, 0.6) is 0 Å². The summed E-state index contributed by atoms with van der Waals surface area (Å²) in [5.74, 6) is 1.63. The molecule has 0 spiro atoms. The summed E-state index contributed by atoms with van der Waals surface area (Å²) in [4.78, 5) is 0. The van der Waals surface area contributed by atoms with Gasteiger partial charge in [0, 0.05) is 25.1 Å². The third-order valence-electron chi connectivity index (χ3n) is 5.69. The fourth-order valence-corrected chi connectivity index (χ4v) is 4.60. The van der Waals surface area contributed by atoms with E-state index in [1.165, 1.54) is 12.1 Å². The van der Waals surface area contributed by atoms with Gasteiger partial charge in [0.2, 0.25) is 0 Å². The van der Waals surface area contributed by atoms with E-state index in [4.69, 9.17) is 9.52 Å². The molecule has 0 unspecified atom stereocenters. The minimum absolute atomic E-state index is 0.00770. The van der Waals surface area contributed by atoms with Crippen LogP contribution in [0.15, 0.2) is 6.07 Å². The summed E-state index contributed by atoms with van der Waals surface area (Å²) in [7, 11) is 0.292. The number of hydrogen-bond donors (Lipinski definition) is 1. The van der Waals surface area contributed by atoms with E-state index in [-0.39, 0.29) is 10.6 Å². The average molecular weight is 352 g/mol. The molecule has 2 atom stereocenters. The topological polar surface area (TPSA) is 39.1 Å². The predicted molar refractivity (Wildman–Crippen MR) is 105 cm³/mol. The Hall–Kier alpha value is -0.813. The molecule has 1 fully saturated rings. The van der Waals surface area contributed by atoms with Gasteiger partial charge >= 0.3 is 0 Å². The first kappa shape index (κ1) is 19.5. The zero-order valence-electron chi connectivity index (χ0n) is 17.2. The van der Waals surface area contributed by atoms with Crippen LogP contribution in [0.2, 0.25) is 18.1 Å². The molecular weight excluding hydrogens is 314 g/mol. The molecule has 138 valence electrons. The lowest BCUT2D eigenvalue weighted by atomic mass is 10.0. The molecule has 0 saturated heterocycles. The summed E-state index contributed by atoms with van der Waals surface area (Å²) in [6.07, 6.45) is 3.85. The number of nitrogens with zero attached hydrogens (tertiary/aromatic N) is 2. The van der Waals surface area contributed by atoms with E-state index in [0.717, 1.165) is 18.7 Å². The van der Waals surface area contributed by atoms with E-state index in [2.05, 4.69) is 70.7 Å². The zero-order chi connectivity index (χ0) is 18.3. The minimum atomic E-state index is -1.68. The van der Waals surface area contributed by atoms with Crippen molar-refractivity contribution >= 4 is 14.1 Å². The maximum atomic E-state index is 6.63. The maximum Gasteiger partial charge on any atom is 0.192 e. The fraction of sp³-hybridized carbons (Fsp3) is 0.842. The van der Waals surface area contributed by atoms with Crippen molar-refractivity contribution in [2.45, 2.75) is 96.5 Å². The van der Waals surface area contributed by atoms with Crippen molar-refractivity contribution in [3.8, 4) is 0 Å². The Kier molecular flexibility index (Phi) is 5.27. The second-order valence-corrected chi connectivity index (χ2v) is 14.6. The third kappa shape index (κ3) is 4.05.